The maximum atomic E-state index is 12.4. The lowest BCUT2D eigenvalue weighted by Gasteiger charge is -2.38. The molecule has 0 saturated heterocycles. The van der Waals surface area contributed by atoms with E-state index in [-0.39, 0.29) is 11.1 Å². The van der Waals surface area contributed by atoms with Crippen LogP contribution < -0.4 is 5.56 Å². The van der Waals surface area contributed by atoms with Crippen LogP contribution in [0.25, 0.3) is 10.8 Å². The fourth-order valence-corrected chi connectivity index (χ4v) is 4.63. The number of pyridine rings is 1. The van der Waals surface area contributed by atoms with E-state index in [9.17, 15) is 10.0 Å². The van der Waals surface area contributed by atoms with Crippen LogP contribution in [0.3, 0.4) is 0 Å². The SMILES string of the molecule is Cn1ccc2c(/C(=N\O)c3cn(C45CCC(C4)C5)nn3)cccc2c1=O. The van der Waals surface area contributed by atoms with E-state index in [1.807, 2.05) is 23.0 Å². The van der Waals surface area contributed by atoms with Gasteiger partial charge in [0.2, 0.25) is 0 Å². The summed E-state index contributed by atoms with van der Waals surface area (Å²) in [6.45, 7) is 0. The van der Waals surface area contributed by atoms with Crippen molar-refractivity contribution >= 4 is 16.5 Å². The zero-order valence-corrected chi connectivity index (χ0v) is 14.5. The molecule has 3 aliphatic carbocycles. The summed E-state index contributed by atoms with van der Waals surface area (Å²) in [5.74, 6) is 0.822. The van der Waals surface area contributed by atoms with E-state index >= 15 is 0 Å². The zero-order valence-electron chi connectivity index (χ0n) is 14.5. The third kappa shape index (κ3) is 2.00. The zero-order chi connectivity index (χ0) is 17.9. The molecule has 2 bridgehead atoms. The molecule has 3 aliphatic rings. The molecule has 0 spiro atoms. The normalized spacial score (nSPS) is 24.8. The summed E-state index contributed by atoms with van der Waals surface area (Å²) in [7, 11) is 1.72. The molecule has 0 atom stereocenters. The van der Waals surface area contributed by atoms with Gasteiger partial charge in [-0.2, -0.15) is 0 Å². The maximum Gasteiger partial charge on any atom is 0.258 e. The Kier molecular flexibility index (Phi) is 3.10. The summed E-state index contributed by atoms with van der Waals surface area (Å²) in [4.78, 5) is 12.4. The molecular formula is C19H19N5O2. The van der Waals surface area contributed by atoms with Crippen LogP contribution in [0.5, 0.6) is 0 Å². The summed E-state index contributed by atoms with van der Waals surface area (Å²) >= 11 is 0. The van der Waals surface area contributed by atoms with Gasteiger partial charge in [-0.1, -0.05) is 22.5 Å². The highest BCUT2D eigenvalue weighted by molar-refractivity contribution is 6.18. The van der Waals surface area contributed by atoms with E-state index in [1.54, 1.807) is 25.4 Å². The summed E-state index contributed by atoms with van der Waals surface area (Å²) in [5, 5.41) is 23.1. The molecule has 0 radical (unpaired) electrons. The molecule has 2 aromatic heterocycles. The van der Waals surface area contributed by atoms with Crippen molar-refractivity contribution in [3.05, 3.63) is 58.3 Å². The van der Waals surface area contributed by atoms with E-state index in [0.29, 0.717) is 22.4 Å². The Bertz CT molecular complexity index is 1100. The van der Waals surface area contributed by atoms with Gasteiger partial charge in [0.05, 0.1) is 11.7 Å². The molecule has 0 aliphatic heterocycles. The predicted octanol–water partition coefficient (Wildman–Crippen LogP) is 2.26. The number of aromatic nitrogens is 4. The van der Waals surface area contributed by atoms with Gasteiger partial charge in [-0.25, -0.2) is 4.68 Å². The minimum Gasteiger partial charge on any atom is -0.410 e. The van der Waals surface area contributed by atoms with E-state index in [4.69, 9.17) is 0 Å². The smallest absolute Gasteiger partial charge is 0.258 e. The van der Waals surface area contributed by atoms with Crippen LogP contribution >= 0.6 is 0 Å². The van der Waals surface area contributed by atoms with E-state index in [1.165, 1.54) is 11.0 Å². The lowest BCUT2D eigenvalue weighted by atomic mass is 9.77. The first kappa shape index (κ1) is 15.3. The van der Waals surface area contributed by atoms with Crippen molar-refractivity contribution in [3.8, 4) is 0 Å². The molecule has 7 nitrogen and oxygen atoms in total. The largest absolute Gasteiger partial charge is 0.410 e. The molecule has 3 fully saturated rings. The van der Waals surface area contributed by atoms with Gasteiger partial charge in [0.25, 0.3) is 5.56 Å². The van der Waals surface area contributed by atoms with Crippen LogP contribution in [-0.2, 0) is 12.6 Å². The van der Waals surface area contributed by atoms with Gasteiger partial charge < -0.3 is 9.77 Å². The van der Waals surface area contributed by atoms with Crippen LogP contribution in [-0.4, -0.2) is 30.5 Å². The van der Waals surface area contributed by atoms with Gasteiger partial charge in [-0.05, 0) is 49.1 Å². The Hall–Kier alpha value is -2.96. The summed E-state index contributed by atoms with van der Waals surface area (Å²) in [5.41, 5.74) is 1.54. The fourth-order valence-electron chi connectivity index (χ4n) is 4.63. The Morgan fingerprint density at radius 1 is 1.31 bits per heavy atom. The molecule has 3 saturated carbocycles. The van der Waals surface area contributed by atoms with Gasteiger partial charge in [-0.3, -0.25) is 4.79 Å². The number of benzene rings is 1. The predicted molar refractivity (Wildman–Crippen MR) is 96.6 cm³/mol. The summed E-state index contributed by atoms with van der Waals surface area (Å²) in [6.07, 6.45) is 8.29. The number of rotatable bonds is 3. The third-order valence-electron chi connectivity index (χ3n) is 6.05. The quantitative estimate of drug-likeness (QED) is 0.446. The minimum atomic E-state index is -0.0874. The average molecular weight is 349 g/mol. The fraction of sp³-hybridized carbons (Fsp3) is 0.368. The highest BCUT2D eigenvalue weighted by Crippen LogP contribution is 2.56. The monoisotopic (exact) mass is 349 g/mol. The second kappa shape index (κ2) is 5.27. The van der Waals surface area contributed by atoms with Crippen LogP contribution in [0.2, 0.25) is 0 Å². The number of fused-ring (bicyclic) bond motifs is 2. The number of nitrogens with zero attached hydrogens (tertiary/aromatic N) is 5. The first-order chi connectivity index (χ1) is 12.6. The lowest BCUT2D eigenvalue weighted by molar-refractivity contribution is 0.132. The molecule has 0 unspecified atom stereocenters. The molecule has 1 aromatic carbocycles. The van der Waals surface area contributed by atoms with Gasteiger partial charge in [0.1, 0.15) is 11.4 Å². The minimum absolute atomic E-state index is 0.0874. The molecule has 1 N–H and O–H groups in total. The second-order valence-electron chi connectivity index (χ2n) is 7.53. The molecule has 26 heavy (non-hydrogen) atoms. The van der Waals surface area contributed by atoms with Crippen LogP contribution in [0.15, 0.2) is 46.6 Å². The number of oxime groups is 1. The van der Waals surface area contributed by atoms with Crippen molar-refractivity contribution in [2.45, 2.75) is 31.2 Å². The first-order valence-electron chi connectivity index (χ1n) is 8.85. The van der Waals surface area contributed by atoms with Crippen LogP contribution in [0, 0.1) is 5.92 Å². The van der Waals surface area contributed by atoms with Crippen LogP contribution in [0.1, 0.15) is 36.9 Å². The standard InChI is InChI=1S/C19H19N5O2/c1-23-8-6-13-14(3-2-4-15(13)18(23)25)17(21-26)16-11-24(22-20-16)19-7-5-12(9-19)10-19/h2-4,6,8,11-12,26H,5,7,9-10H2,1H3/b21-17+. The molecular weight excluding hydrogens is 330 g/mol. The molecule has 132 valence electrons. The number of hydrogen-bond donors (Lipinski definition) is 1. The number of aryl methyl sites for hydroxylation is 1. The van der Waals surface area contributed by atoms with Crippen molar-refractivity contribution < 1.29 is 5.21 Å². The lowest BCUT2D eigenvalue weighted by Crippen LogP contribution is -2.39. The van der Waals surface area contributed by atoms with Crippen molar-refractivity contribution in [3.63, 3.8) is 0 Å². The summed E-state index contributed by atoms with van der Waals surface area (Å²) in [6, 6.07) is 7.26. The molecule has 0 amide bonds. The van der Waals surface area contributed by atoms with Crippen molar-refractivity contribution in [2.24, 2.45) is 18.1 Å². The first-order valence-corrected chi connectivity index (χ1v) is 8.85. The molecule has 7 heteroatoms. The van der Waals surface area contributed by atoms with Crippen LogP contribution in [0.4, 0.5) is 0 Å². The van der Waals surface area contributed by atoms with Gasteiger partial charge in [0.15, 0.2) is 0 Å². The third-order valence-corrected chi connectivity index (χ3v) is 6.05. The van der Waals surface area contributed by atoms with E-state index < -0.39 is 0 Å². The Labute approximate surface area is 149 Å². The topological polar surface area (TPSA) is 85.3 Å². The maximum absolute atomic E-state index is 12.4. The van der Waals surface area contributed by atoms with Gasteiger partial charge in [-0.15, -0.1) is 5.10 Å². The molecule has 2 heterocycles. The van der Waals surface area contributed by atoms with Gasteiger partial charge in [0, 0.05) is 24.2 Å². The Morgan fingerprint density at radius 3 is 2.88 bits per heavy atom. The van der Waals surface area contributed by atoms with Crippen molar-refractivity contribution in [2.75, 3.05) is 0 Å². The van der Waals surface area contributed by atoms with Gasteiger partial charge >= 0.3 is 0 Å². The Balaban J connectivity index is 1.61. The van der Waals surface area contributed by atoms with Crippen molar-refractivity contribution in [1.29, 1.82) is 0 Å². The Morgan fingerprint density at radius 2 is 2.15 bits per heavy atom. The molecule has 3 aromatic rings. The summed E-state index contributed by atoms with van der Waals surface area (Å²) < 4.78 is 3.48. The number of hydrogen-bond acceptors (Lipinski definition) is 5. The van der Waals surface area contributed by atoms with Crippen molar-refractivity contribution in [1.82, 2.24) is 19.6 Å². The van der Waals surface area contributed by atoms with E-state index in [0.717, 1.165) is 30.6 Å². The average Bonchev–Trinajstić information content (AvgIpc) is 3.34. The highest BCUT2D eigenvalue weighted by atomic mass is 16.4. The second-order valence-corrected chi connectivity index (χ2v) is 7.53. The highest BCUT2D eigenvalue weighted by Gasteiger charge is 2.52. The molecule has 6 rings (SSSR count). The van der Waals surface area contributed by atoms with E-state index in [2.05, 4.69) is 15.5 Å².